The molecular formula is C81H99B3N12O6. The Labute approximate surface area is 607 Å². The van der Waals surface area contributed by atoms with E-state index in [1.807, 2.05) is 85.5 Å². The van der Waals surface area contributed by atoms with E-state index in [9.17, 15) is 15.8 Å². The van der Waals surface area contributed by atoms with Crippen LogP contribution in [0.4, 0.5) is 17.1 Å². The van der Waals surface area contributed by atoms with Crippen molar-refractivity contribution in [3.63, 3.8) is 0 Å². The van der Waals surface area contributed by atoms with E-state index in [1.165, 1.54) is 22.2 Å². The van der Waals surface area contributed by atoms with Gasteiger partial charge < -0.3 is 56.6 Å². The van der Waals surface area contributed by atoms with Crippen molar-refractivity contribution in [3.8, 4) is 52.4 Å². The third kappa shape index (κ3) is 16.2. The highest BCUT2D eigenvalue weighted by Gasteiger charge is 2.31. The van der Waals surface area contributed by atoms with Crippen LogP contribution in [0.3, 0.4) is 0 Å². The van der Waals surface area contributed by atoms with Gasteiger partial charge in [-0.05, 0) is 103 Å². The van der Waals surface area contributed by atoms with E-state index in [4.69, 9.17) is 28.4 Å². The maximum atomic E-state index is 10.0. The molecule has 3 heterocycles. The van der Waals surface area contributed by atoms with Gasteiger partial charge in [-0.3, -0.25) is 15.8 Å². The fraction of sp³-hybridized carbons (Fsp3) is 0.407. The van der Waals surface area contributed by atoms with Gasteiger partial charge in [-0.2, -0.15) is 17.9 Å². The zero-order chi connectivity index (χ0) is 73.9. The monoisotopic (exact) mass is 1370 g/mol. The summed E-state index contributed by atoms with van der Waals surface area (Å²) in [5, 5.41) is 30.1. The molecule has 0 atom stereocenters. The predicted molar refractivity (Wildman–Crippen MR) is 404 cm³/mol. The molecule has 528 valence electrons. The van der Waals surface area contributed by atoms with Crippen LogP contribution in [0.25, 0.3) is 0 Å². The van der Waals surface area contributed by atoms with Crippen LogP contribution in [0.2, 0.25) is 0 Å². The maximum Gasteiger partial charge on any atom is 0.244 e. The number of anilines is 3. The fourth-order valence-electron chi connectivity index (χ4n) is 13.8. The Hall–Kier alpha value is -10.2. The smallest absolute Gasteiger partial charge is 0.244 e. The van der Waals surface area contributed by atoms with E-state index in [2.05, 4.69) is 210 Å². The molecule has 1 aliphatic rings. The van der Waals surface area contributed by atoms with Gasteiger partial charge in [0.05, 0.1) is 83.3 Å². The van der Waals surface area contributed by atoms with Gasteiger partial charge >= 0.3 is 0 Å². The minimum atomic E-state index is -0.317. The Morgan fingerprint density at radius 2 is 0.549 bits per heavy atom. The van der Waals surface area contributed by atoms with Crippen LogP contribution < -0.4 is 56.6 Å². The van der Waals surface area contributed by atoms with Crippen molar-refractivity contribution in [3.05, 3.63) is 211 Å². The van der Waals surface area contributed by atoms with Crippen molar-refractivity contribution in [1.29, 1.82) is 15.8 Å². The average molecular weight is 1370 g/mol. The standard InChI is InChI=1S/C81H99B3N12O6/c1-79(2,3)64-34-52-28-58-40-67(88(10)11)42-60(73(58)97-19)30-54-36-65(80(4,5)6)38-56(77(54)101-47-71-92(17)23-26-95(71)83-50-86)32-62-44-69(90(14)15)45-63(75(62)99-21)33-57-39-66(81(7,8)9)37-55(78(57)102-48-72-93(18)24-27-96(72)84-51-87)31-61-43-68(89(12)13)41-59(74(61)98-20)29-53(35-64)76(52)100-46-70-91(16)22-25-94(70)82-49-85/h22-27,34-45H,28-33,46-48H2,1-21H3. The van der Waals surface area contributed by atoms with Crippen molar-refractivity contribution in [1.82, 2.24) is 13.7 Å². The van der Waals surface area contributed by atoms with Gasteiger partial charge in [0.2, 0.25) is 17.5 Å². The molecule has 0 amide bonds. The molecule has 0 N–H and O–H groups in total. The summed E-state index contributed by atoms with van der Waals surface area (Å²) >= 11 is 0. The van der Waals surface area contributed by atoms with Crippen LogP contribution in [-0.2, 0) is 95.7 Å². The van der Waals surface area contributed by atoms with Crippen LogP contribution >= 0.6 is 0 Å². The number of aryl methyl sites for hydroxylation is 3. The van der Waals surface area contributed by atoms with E-state index in [0.717, 1.165) is 135 Å². The number of aromatic nitrogens is 6. The number of methoxy groups -OCH3 is 3. The maximum absolute atomic E-state index is 10.0. The Bertz CT molecular complexity index is 4120. The molecule has 0 aliphatic heterocycles. The van der Waals surface area contributed by atoms with Gasteiger partial charge in [0.25, 0.3) is 0 Å². The molecule has 9 aromatic rings. The highest BCUT2D eigenvalue weighted by molar-refractivity contribution is 6.35. The lowest BCUT2D eigenvalue weighted by Crippen LogP contribution is -2.42. The Kier molecular flexibility index (Phi) is 22.3. The number of nitriles is 3. The van der Waals surface area contributed by atoms with Gasteiger partial charge in [-0.15, -0.1) is 0 Å². The minimum absolute atomic E-state index is 0.141. The van der Waals surface area contributed by atoms with Crippen LogP contribution in [0.15, 0.2) is 110 Å². The van der Waals surface area contributed by atoms with Gasteiger partial charge in [-0.25, -0.2) is 13.7 Å². The quantitative estimate of drug-likeness (QED) is 0.0748. The summed E-state index contributed by atoms with van der Waals surface area (Å²) in [6, 6.07) is 27.2. The second-order valence-corrected chi connectivity index (χ2v) is 30.6. The minimum Gasteiger partial charge on any atom is -0.496 e. The van der Waals surface area contributed by atoms with Gasteiger partial charge in [0.1, 0.15) is 53.1 Å². The molecule has 0 unspecified atom stereocenters. The molecule has 102 heavy (non-hydrogen) atoms. The number of nitrogens with zero attached hydrogens (tertiary/aromatic N) is 12. The normalized spacial score (nSPS) is 12.5. The molecule has 3 aromatic heterocycles. The van der Waals surface area contributed by atoms with E-state index in [-0.39, 0.29) is 36.1 Å². The summed E-state index contributed by atoms with van der Waals surface area (Å²) in [6.45, 7) is 20.7. The van der Waals surface area contributed by atoms with Crippen molar-refractivity contribution >= 4 is 39.3 Å². The van der Waals surface area contributed by atoms with Crippen LogP contribution in [0.5, 0.6) is 34.5 Å². The van der Waals surface area contributed by atoms with E-state index in [0.29, 0.717) is 55.8 Å². The van der Waals surface area contributed by atoms with Crippen LogP contribution in [0.1, 0.15) is 163 Å². The van der Waals surface area contributed by atoms with Crippen molar-refractivity contribution in [2.75, 3.05) is 78.3 Å². The summed E-state index contributed by atoms with van der Waals surface area (Å²) in [5.41, 5.74) is 16.9. The summed E-state index contributed by atoms with van der Waals surface area (Å²) in [5.74, 6) is 13.4. The number of benzene rings is 6. The molecule has 0 saturated carbocycles. The Balaban J connectivity index is 1.34. The summed E-state index contributed by atoms with van der Waals surface area (Å²) in [7, 11) is 28.1. The average Bonchev–Trinajstić information content (AvgIpc) is 0.783. The topological polar surface area (TPSA) is 163 Å². The Morgan fingerprint density at radius 1 is 0.353 bits per heavy atom. The zero-order valence-electron chi connectivity index (χ0n) is 63.8. The molecular weight excluding hydrogens is 1270 g/mol. The number of ether oxygens (including phenoxy) is 6. The molecule has 10 rings (SSSR count). The lowest BCUT2D eigenvalue weighted by molar-refractivity contribution is -0.539. The summed E-state index contributed by atoms with van der Waals surface area (Å²) in [4.78, 5) is 6.45. The molecule has 0 saturated heterocycles. The Morgan fingerprint density at radius 3 is 0.716 bits per heavy atom. The third-order valence-electron chi connectivity index (χ3n) is 19.6. The van der Waals surface area contributed by atoms with E-state index in [1.54, 1.807) is 21.3 Å². The fourth-order valence-corrected chi connectivity index (χ4v) is 13.8. The number of imidazole rings is 3. The van der Waals surface area contributed by atoms with Gasteiger partial charge in [0, 0.05) is 131 Å². The lowest BCUT2D eigenvalue weighted by atomic mass is 9.81. The van der Waals surface area contributed by atoms with E-state index < -0.39 is 0 Å². The number of fused-ring (bicyclic) bond motifs is 12. The molecule has 12 bridgehead atoms. The molecule has 1 aliphatic carbocycles. The number of rotatable bonds is 18. The van der Waals surface area contributed by atoms with Gasteiger partial charge in [0.15, 0.2) is 19.8 Å². The second-order valence-electron chi connectivity index (χ2n) is 30.6. The molecule has 0 fully saturated rings. The number of hydrogen-bond acceptors (Lipinski definition) is 12. The summed E-state index contributed by atoms with van der Waals surface area (Å²) in [6.07, 6.45) is 13.9. The molecule has 21 heteroatoms. The van der Waals surface area contributed by atoms with Crippen LogP contribution in [0, 0.1) is 33.7 Å². The van der Waals surface area contributed by atoms with Crippen molar-refractivity contribution in [2.24, 2.45) is 21.1 Å². The second kappa shape index (κ2) is 30.6. The predicted octanol–water partition coefficient (Wildman–Crippen LogP) is 11.1. The van der Waals surface area contributed by atoms with E-state index >= 15 is 0 Å². The molecule has 6 aromatic carbocycles. The first-order valence-corrected chi connectivity index (χ1v) is 34.7. The highest BCUT2D eigenvalue weighted by atomic mass is 16.5. The SMILES string of the molecule is COc1c2cc(N(C)C)cc1Cc1cc(C(C)(C)C)cc(c1OCc1n(C)cc[n+]1[B-]C#N)Cc1cc(N(C)C)cc(c1OC)Cc1cc(C(C)(C)C)cc(c1OCc1n(C)cc[n+]1[B-]C#N)Cc1cc(N(C)C)cc(c1OC)Cc1cc(C(C)(C)C)cc(c1OCc1n(C)cc[n+]1[B-]C#N)C2. The highest BCUT2D eigenvalue weighted by Crippen LogP contribution is 2.46. The first kappa shape index (κ1) is 74.5. The first-order chi connectivity index (χ1) is 48.4. The zero-order valence-corrected chi connectivity index (χ0v) is 63.8. The molecule has 18 nitrogen and oxygen atoms in total. The van der Waals surface area contributed by atoms with Crippen molar-refractivity contribution in [2.45, 2.75) is 137 Å². The van der Waals surface area contributed by atoms with Crippen LogP contribution in [-0.4, -0.2) is 99.6 Å². The third-order valence-corrected chi connectivity index (χ3v) is 19.6. The molecule has 0 spiro atoms. The van der Waals surface area contributed by atoms with Gasteiger partial charge in [-0.1, -0.05) is 98.7 Å². The first-order valence-electron chi connectivity index (χ1n) is 34.7. The largest absolute Gasteiger partial charge is 0.496 e. The summed E-state index contributed by atoms with van der Waals surface area (Å²) < 4.78 is 54.0. The lowest BCUT2D eigenvalue weighted by Gasteiger charge is -2.28. The number of hydrogen-bond donors (Lipinski definition) is 0. The molecule has 6 radical (unpaired) electrons. The van der Waals surface area contributed by atoms with Crippen molar-refractivity contribution < 1.29 is 41.9 Å².